The molecule has 1 aromatic heterocycles. The number of carbonyl (C=O) groups is 1. The number of aromatic nitrogens is 1. The quantitative estimate of drug-likeness (QED) is 0.778. The summed E-state index contributed by atoms with van der Waals surface area (Å²) < 4.78 is 0. The molecule has 0 unspecified atom stereocenters. The van der Waals surface area contributed by atoms with Crippen LogP contribution in [0.25, 0.3) is 10.9 Å². The molecule has 3 nitrogen and oxygen atoms in total. The van der Waals surface area contributed by atoms with Gasteiger partial charge in [-0.05, 0) is 17.5 Å². The lowest BCUT2D eigenvalue weighted by molar-refractivity contribution is -0.129. The fourth-order valence-electron chi connectivity index (χ4n) is 1.48. The molecule has 1 heterocycles. The molecule has 0 fully saturated rings. The first-order valence-corrected chi connectivity index (χ1v) is 4.90. The van der Waals surface area contributed by atoms with E-state index in [4.69, 9.17) is 17.3 Å². The third-order valence-electron chi connectivity index (χ3n) is 2.18. The highest BCUT2D eigenvalue weighted by Crippen LogP contribution is 2.15. The van der Waals surface area contributed by atoms with E-state index in [0.717, 1.165) is 16.6 Å². The van der Waals surface area contributed by atoms with Gasteiger partial charge in [0.2, 0.25) is 0 Å². The second kappa shape index (κ2) is 3.82. The molecule has 0 atom stereocenters. The summed E-state index contributed by atoms with van der Waals surface area (Å²) in [5.41, 5.74) is 1.84. The molecule has 2 N–H and O–H groups in total. The molecule has 0 radical (unpaired) electrons. The van der Waals surface area contributed by atoms with Crippen LogP contribution in [0.5, 0.6) is 0 Å². The first kappa shape index (κ1) is 9.86. The number of hydrogen-bond acceptors (Lipinski definition) is 2. The standard InChI is InChI=1S/C11H9NO2S/c13-11(14)10(15)6-8-5-7-3-1-2-4-9(7)12-8/h1-5,12H,6H2,(H,13,14). The summed E-state index contributed by atoms with van der Waals surface area (Å²) in [6, 6.07) is 9.71. The van der Waals surface area contributed by atoms with Gasteiger partial charge in [-0.15, -0.1) is 0 Å². The number of aliphatic carboxylic acids is 1. The zero-order chi connectivity index (χ0) is 10.8. The van der Waals surface area contributed by atoms with Gasteiger partial charge in [0.15, 0.2) is 0 Å². The van der Waals surface area contributed by atoms with E-state index in [0.29, 0.717) is 0 Å². The van der Waals surface area contributed by atoms with Crippen molar-refractivity contribution in [3.63, 3.8) is 0 Å². The van der Waals surface area contributed by atoms with Gasteiger partial charge in [0.25, 0.3) is 0 Å². The highest BCUT2D eigenvalue weighted by atomic mass is 32.1. The Morgan fingerprint density at radius 2 is 2.13 bits per heavy atom. The molecular weight excluding hydrogens is 210 g/mol. The molecule has 0 aliphatic heterocycles. The Morgan fingerprint density at radius 1 is 1.40 bits per heavy atom. The number of para-hydroxylation sites is 1. The molecular formula is C11H9NO2S. The Balaban J connectivity index is 2.30. The van der Waals surface area contributed by atoms with Gasteiger partial charge in [-0.3, -0.25) is 0 Å². The number of H-pyrrole nitrogens is 1. The van der Waals surface area contributed by atoms with Crippen LogP contribution < -0.4 is 0 Å². The number of nitrogens with one attached hydrogen (secondary N) is 1. The zero-order valence-corrected chi connectivity index (χ0v) is 8.67. The Morgan fingerprint density at radius 3 is 2.80 bits per heavy atom. The number of aromatic amines is 1. The highest BCUT2D eigenvalue weighted by molar-refractivity contribution is 7.82. The summed E-state index contributed by atoms with van der Waals surface area (Å²) in [4.78, 5) is 13.7. The number of fused-ring (bicyclic) bond motifs is 1. The smallest absolute Gasteiger partial charge is 0.342 e. The maximum atomic E-state index is 10.6. The van der Waals surface area contributed by atoms with Crippen LogP contribution in [-0.4, -0.2) is 20.9 Å². The Labute approximate surface area is 91.7 Å². The van der Waals surface area contributed by atoms with E-state index in [9.17, 15) is 4.79 Å². The normalized spacial score (nSPS) is 10.4. The van der Waals surface area contributed by atoms with Gasteiger partial charge >= 0.3 is 5.97 Å². The molecule has 0 aliphatic rings. The Hall–Kier alpha value is -1.68. The molecule has 0 aliphatic carbocycles. The minimum Gasteiger partial charge on any atom is -0.477 e. The first-order valence-electron chi connectivity index (χ1n) is 4.49. The summed E-state index contributed by atoms with van der Waals surface area (Å²) >= 11 is 4.75. The van der Waals surface area contributed by atoms with Crippen LogP contribution in [0.1, 0.15) is 5.69 Å². The van der Waals surface area contributed by atoms with Crippen molar-refractivity contribution in [3.8, 4) is 0 Å². The fraction of sp³-hybridized carbons (Fsp3) is 0.0909. The van der Waals surface area contributed by atoms with Gasteiger partial charge in [-0.1, -0.05) is 30.4 Å². The first-order chi connectivity index (χ1) is 7.16. The van der Waals surface area contributed by atoms with Crippen LogP contribution in [0.4, 0.5) is 0 Å². The number of rotatable bonds is 3. The van der Waals surface area contributed by atoms with Gasteiger partial charge < -0.3 is 10.1 Å². The highest BCUT2D eigenvalue weighted by Gasteiger charge is 2.09. The van der Waals surface area contributed by atoms with Gasteiger partial charge in [0.05, 0.1) is 0 Å². The van der Waals surface area contributed by atoms with Gasteiger partial charge in [-0.25, -0.2) is 4.79 Å². The second-order valence-corrected chi connectivity index (χ2v) is 3.78. The SMILES string of the molecule is O=C(O)C(=S)Cc1cc2ccccc2[nH]1. The Kier molecular flexibility index (Phi) is 2.51. The van der Waals surface area contributed by atoms with E-state index in [1.165, 1.54) is 0 Å². The predicted molar refractivity (Wildman–Crippen MR) is 62.2 cm³/mol. The molecule has 0 spiro atoms. The van der Waals surface area contributed by atoms with Crippen molar-refractivity contribution in [1.29, 1.82) is 0 Å². The largest absolute Gasteiger partial charge is 0.477 e. The zero-order valence-electron chi connectivity index (χ0n) is 7.86. The van der Waals surface area contributed by atoms with Crippen molar-refractivity contribution in [1.82, 2.24) is 4.98 Å². The van der Waals surface area contributed by atoms with Crippen LogP contribution in [0.3, 0.4) is 0 Å². The van der Waals surface area contributed by atoms with E-state index >= 15 is 0 Å². The second-order valence-electron chi connectivity index (χ2n) is 3.29. The van der Waals surface area contributed by atoms with Crippen LogP contribution in [0, 0.1) is 0 Å². The van der Waals surface area contributed by atoms with Crippen LogP contribution >= 0.6 is 12.2 Å². The van der Waals surface area contributed by atoms with E-state index in [1.54, 1.807) is 0 Å². The van der Waals surface area contributed by atoms with Crippen LogP contribution in [0.15, 0.2) is 30.3 Å². The maximum absolute atomic E-state index is 10.6. The molecule has 4 heteroatoms. The van der Waals surface area contributed by atoms with E-state index in [-0.39, 0.29) is 11.3 Å². The number of carboxylic acid groups (broad SMARTS) is 1. The lowest BCUT2D eigenvalue weighted by atomic mass is 10.2. The van der Waals surface area contributed by atoms with Crippen molar-refractivity contribution in [2.24, 2.45) is 0 Å². The van der Waals surface area contributed by atoms with Crippen molar-refractivity contribution in [2.45, 2.75) is 6.42 Å². The van der Waals surface area contributed by atoms with Gasteiger partial charge in [0.1, 0.15) is 4.86 Å². The lowest BCUT2D eigenvalue weighted by Gasteiger charge is -1.94. The average molecular weight is 219 g/mol. The van der Waals surface area contributed by atoms with Crippen molar-refractivity contribution >= 4 is 34.0 Å². The number of carboxylic acids is 1. The third-order valence-corrected chi connectivity index (χ3v) is 2.49. The monoisotopic (exact) mass is 219 g/mol. The molecule has 0 saturated carbocycles. The Bertz CT molecular complexity index is 497. The predicted octanol–water partition coefficient (Wildman–Crippen LogP) is 2.16. The molecule has 0 amide bonds. The van der Waals surface area contributed by atoms with Crippen molar-refractivity contribution in [3.05, 3.63) is 36.0 Å². The molecule has 2 rings (SSSR count). The summed E-state index contributed by atoms with van der Waals surface area (Å²) in [5.74, 6) is -1.02. The summed E-state index contributed by atoms with van der Waals surface area (Å²) in [5, 5.41) is 9.73. The molecule has 2 aromatic rings. The van der Waals surface area contributed by atoms with Crippen LogP contribution in [0.2, 0.25) is 0 Å². The fourth-order valence-corrected chi connectivity index (χ4v) is 1.63. The number of thiocarbonyl (C=S) groups is 1. The average Bonchev–Trinajstić information content (AvgIpc) is 2.59. The van der Waals surface area contributed by atoms with Crippen molar-refractivity contribution in [2.75, 3.05) is 0 Å². The minimum atomic E-state index is -1.02. The van der Waals surface area contributed by atoms with Gasteiger partial charge in [-0.2, -0.15) is 0 Å². The molecule has 0 saturated heterocycles. The number of hydrogen-bond donors (Lipinski definition) is 2. The van der Waals surface area contributed by atoms with E-state index in [2.05, 4.69) is 4.98 Å². The number of benzene rings is 1. The molecule has 1 aromatic carbocycles. The van der Waals surface area contributed by atoms with E-state index < -0.39 is 5.97 Å². The third kappa shape index (κ3) is 2.05. The minimum absolute atomic E-state index is 0.0292. The topological polar surface area (TPSA) is 53.1 Å². The maximum Gasteiger partial charge on any atom is 0.342 e. The summed E-state index contributed by atoms with van der Waals surface area (Å²) in [7, 11) is 0. The lowest BCUT2D eigenvalue weighted by Crippen LogP contribution is -2.12. The summed E-state index contributed by atoms with van der Waals surface area (Å²) in [6.07, 6.45) is 0.277. The van der Waals surface area contributed by atoms with E-state index in [1.807, 2.05) is 30.3 Å². The van der Waals surface area contributed by atoms with Gasteiger partial charge in [0, 0.05) is 17.6 Å². The molecule has 15 heavy (non-hydrogen) atoms. The van der Waals surface area contributed by atoms with Crippen molar-refractivity contribution < 1.29 is 9.90 Å². The molecule has 76 valence electrons. The summed E-state index contributed by atoms with van der Waals surface area (Å²) in [6.45, 7) is 0. The molecule has 0 bridgehead atoms. The van der Waals surface area contributed by atoms with Crippen LogP contribution in [-0.2, 0) is 11.2 Å².